The highest BCUT2D eigenvalue weighted by Crippen LogP contribution is 2.43. The molecule has 0 saturated carbocycles. The van der Waals surface area contributed by atoms with Crippen molar-refractivity contribution in [3.63, 3.8) is 0 Å². The molecule has 2 rings (SSSR count). The van der Waals surface area contributed by atoms with Gasteiger partial charge in [0.25, 0.3) is 0 Å². The first-order chi connectivity index (χ1) is 9.64. The van der Waals surface area contributed by atoms with Gasteiger partial charge in [0.2, 0.25) is 0 Å². The van der Waals surface area contributed by atoms with Crippen LogP contribution < -0.4 is 4.74 Å². The molecule has 2 nitrogen and oxygen atoms in total. The quantitative estimate of drug-likeness (QED) is 0.555. The highest BCUT2D eigenvalue weighted by Gasteiger charge is 2.28. The van der Waals surface area contributed by atoms with E-state index in [1.54, 1.807) is 6.08 Å². The van der Waals surface area contributed by atoms with Gasteiger partial charge in [0.1, 0.15) is 12.0 Å². The smallest absolute Gasteiger partial charge is 0.143 e. The topological polar surface area (TPSA) is 26.3 Å². The fourth-order valence-corrected chi connectivity index (χ4v) is 2.67. The van der Waals surface area contributed by atoms with Crippen LogP contribution in [0.3, 0.4) is 0 Å². The van der Waals surface area contributed by atoms with Crippen molar-refractivity contribution in [1.82, 2.24) is 0 Å². The summed E-state index contributed by atoms with van der Waals surface area (Å²) < 4.78 is 5.97. The molecule has 0 radical (unpaired) electrons. The third kappa shape index (κ3) is 3.20. The molecular weight excluding hydrogens is 260 g/mol. The van der Waals surface area contributed by atoms with Crippen molar-refractivity contribution in [3.8, 4) is 5.75 Å². The zero-order valence-corrected chi connectivity index (χ0v) is 14.0. The van der Waals surface area contributed by atoms with Gasteiger partial charge in [0, 0.05) is 17.5 Å². The number of carbonyl (C=O) groups is 1. The Labute approximate surface area is 128 Å². The summed E-state index contributed by atoms with van der Waals surface area (Å²) in [5.74, 6) is 0.954. The minimum atomic E-state index is 0.00890. The van der Waals surface area contributed by atoms with E-state index >= 15 is 0 Å². The molecule has 1 aromatic carbocycles. The van der Waals surface area contributed by atoms with E-state index in [0.717, 1.165) is 29.6 Å². The Hall–Kier alpha value is -1.57. The first-order valence-electron chi connectivity index (χ1n) is 7.61. The number of hydrogen-bond donors (Lipinski definition) is 0. The van der Waals surface area contributed by atoms with Crippen molar-refractivity contribution < 1.29 is 9.53 Å². The van der Waals surface area contributed by atoms with Gasteiger partial charge in [-0.25, -0.2) is 0 Å². The van der Waals surface area contributed by atoms with Crippen LogP contribution in [0.5, 0.6) is 5.75 Å². The number of rotatable bonds is 1. The summed E-state index contributed by atoms with van der Waals surface area (Å²) in [5, 5.41) is 0. The Morgan fingerprint density at radius 1 is 1.05 bits per heavy atom. The van der Waals surface area contributed by atoms with Crippen molar-refractivity contribution >= 4 is 11.9 Å². The highest BCUT2D eigenvalue weighted by atomic mass is 16.5. The van der Waals surface area contributed by atoms with Crippen LogP contribution in [0.15, 0.2) is 18.2 Å². The fourth-order valence-electron chi connectivity index (χ4n) is 2.67. The third-order valence-corrected chi connectivity index (χ3v) is 4.00. The van der Waals surface area contributed by atoms with Gasteiger partial charge < -0.3 is 4.74 Å². The first-order valence-corrected chi connectivity index (χ1v) is 7.61. The molecule has 0 N–H and O–H groups in total. The maximum atomic E-state index is 10.9. The standard InChI is InChI=1S/C19H26O2/c1-18(2,3)14-11-15-13(7-9-20)8-10-21-17(15)16(12-14)19(4,5)6/h7,9,11-12H,8,10H2,1-6H3/b13-7+. The van der Waals surface area contributed by atoms with Crippen molar-refractivity contribution in [2.45, 2.75) is 58.8 Å². The molecule has 21 heavy (non-hydrogen) atoms. The molecule has 0 fully saturated rings. The van der Waals surface area contributed by atoms with Crippen LogP contribution in [0.4, 0.5) is 0 Å². The average molecular weight is 286 g/mol. The summed E-state index contributed by atoms with van der Waals surface area (Å²) in [6.45, 7) is 13.9. The number of aldehydes is 1. The lowest BCUT2D eigenvalue weighted by Crippen LogP contribution is -2.21. The molecule has 0 aromatic heterocycles. The van der Waals surface area contributed by atoms with Gasteiger partial charge in [-0.05, 0) is 34.1 Å². The van der Waals surface area contributed by atoms with Crippen molar-refractivity contribution in [2.24, 2.45) is 0 Å². The minimum absolute atomic E-state index is 0.00890. The summed E-state index contributed by atoms with van der Waals surface area (Å²) >= 11 is 0. The van der Waals surface area contributed by atoms with Crippen LogP contribution >= 0.6 is 0 Å². The SMILES string of the molecule is CC(C)(C)c1cc2c(c(C(C)(C)C)c1)OCC/C2=C\C=O. The zero-order valence-electron chi connectivity index (χ0n) is 14.0. The highest BCUT2D eigenvalue weighted by molar-refractivity contribution is 5.85. The van der Waals surface area contributed by atoms with E-state index in [-0.39, 0.29) is 10.8 Å². The number of fused-ring (bicyclic) bond motifs is 1. The molecule has 0 saturated heterocycles. The van der Waals surface area contributed by atoms with Crippen LogP contribution in [0.25, 0.3) is 5.57 Å². The molecule has 0 bridgehead atoms. The molecule has 0 atom stereocenters. The number of hydrogen-bond acceptors (Lipinski definition) is 2. The third-order valence-electron chi connectivity index (χ3n) is 4.00. The molecule has 1 aliphatic rings. The van der Waals surface area contributed by atoms with Crippen molar-refractivity contribution in [1.29, 1.82) is 0 Å². The van der Waals surface area contributed by atoms with E-state index in [9.17, 15) is 4.79 Å². The predicted octanol–water partition coefficient (Wildman–Crippen LogP) is 4.65. The second kappa shape index (κ2) is 5.32. The van der Waals surface area contributed by atoms with E-state index in [4.69, 9.17) is 4.74 Å². The Bertz CT molecular complexity index is 581. The Morgan fingerprint density at radius 2 is 1.71 bits per heavy atom. The Morgan fingerprint density at radius 3 is 2.24 bits per heavy atom. The summed E-state index contributed by atoms with van der Waals surface area (Å²) in [6, 6.07) is 4.46. The van der Waals surface area contributed by atoms with Gasteiger partial charge in [0.05, 0.1) is 6.61 Å². The molecular formula is C19H26O2. The lowest BCUT2D eigenvalue weighted by atomic mass is 9.77. The zero-order chi connectivity index (χ0) is 15.8. The molecule has 0 spiro atoms. The van der Waals surface area contributed by atoms with Crippen LogP contribution in [-0.4, -0.2) is 12.9 Å². The molecule has 0 aliphatic carbocycles. The second-order valence-electron chi connectivity index (χ2n) is 7.83. The molecule has 1 aromatic rings. The summed E-state index contributed by atoms with van der Waals surface area (Å²) in [6.07, 6.45) is 3.36. The van der Waals surface area contributed by atoms with Crippen molar-refractivity contribution in [2.75, 3.05) is 6.61 Å². The number of carbonyl (C=O) groups excluding carboxylic acids is 1. The maximum absolute atomic E-state index is 10.9. The molecule has 0 amide bonds. The molecule has 1 aliphatic heterocycles. The lowest BCUT2D eigenvalue weighted by Gasteiger charge is -2.32. The van der Waals surface area contributed by atoms with Gasteiger partial charge in [-0.3, -0.25) is 4.79 Å². The van der Waals surface area contributed by atoms with E-state index in [2.05, 4.69) is 53.7 Å². The van der Waals surface area contributed by atoms with E-state index in [1.165, 1.54) is 11.1 Å². The van der Waals surface area contributed by atoms with Gasteiger partial charge in [-0.15, -0.1) is 0 Å². The van der Waals surface area contributed by atoms with Crippen LogP contribution in [-0.2, 0) is 15.6 Å². The van der Waals surface area contributed by atoms with Gasteiger partial charge >= 0.3 is 0 Å². The summed E-state index contributed by atoms with van der Waals surface area (Å²) in [7, 11) is 0. The van der Waals surface area contributed by atoms with E-state index < -0.39 is 0 Å². The van der Waals surface area contributed by atoms with Gasteiger partial charge in [-0.1, -0.05) is 47.6 Å². The van der Waals surface area contributed by atoms with Crippen LogP contribution in [0.1, 0.15) is 64.7 Å². The predicted molar refractivity (Wildman–Crippen MR) is 88.0 cm³/mol. The van der Waals surface area contributed by atoms with E-state index in [1.807, 2.05) is 0 Å². The summed E-state index contributed by atoms with van der Waals surface area (Å²) in [5.41, 5.74) is 4.76. The first kappa shape index (κ1) is 15.8. The maximum Gasteiger partial charge on any atom is 0.143 e. The van der Waals surface area contributed by atoms with Crippen molar-refractivity contribution in [3.05, 3.63) is 34.9 Å². The molecule has 1 heterocycles. The lowest BCUT2D eigenvalue weighted by molar-refractivity contribution is -0.104. The minimum Gasteiger partial charge on any atom is -0.492 e. The largest absolute Gasteiger partial charge is 0.492 e. The number of ether oxygens (including phenoxy) is 1. The van der Waals surface area contributed by atoms with Gasteiger partial charge in [-0.2, -0.15) is 0 Å². The average Bonchev–Trinajstić information content (AvgIpc) is 2.36. The number of benzene rings is 1. The Balaban J connectivity index is 2.76. The van der Waals surface area contributed by atoms with Crippen LogP contribution in [0, 0.1) is 0 Å². The van der Waals surface area contributed by atoms with Crippen LogP contribution in [0.2, 0.25) is 0 Å². The fraction of sp³-hybridized carbons (Fsp3) is 0.526. The summed E-state index contributed by atoms with van der Waals surface area (Å²) in [4.78, 5) is 10.9. The molecule has 0 unspecified atom stereocenters. The monoisotopic (exact) mass is 286 g/mol. The normalized spacial score (nSPS) is 17.3. The molecule has 114 valence electrons. The second-order valence-corrected chi connectivity index (χ2v) is 7.83. The van der Waals surface area contributed by atoms with Gasteiger partial charge in [0.15, 0.2) is 0 Å². The number of allylic oxidation sites excluding steroid dienone is 1. The Kier molecular flexibility index (Phi) is 4.01. The van der Waals surface area contributed by atoms with E-state index in [0.29, 0.717) is 6.61 Å². The molecule has 2 heteroatoms.